The van der Waals surface area contributed by atoms with Crippen LogP contribution < -0.4 is 5.32 Å². The molecule has 1 saturated heterocycles. The summed E-state index contributed by atoms with van der Waals surface area (Å²) in [5, 5.41) is 12.3. The van der Waals surface area contributed by atoms with Crippen LogP contribution in [0.15, 0.2) is 29.2 Å². The van der Waals surface area contributed by atoms with Crippen molar-refractivity contribution in [3.63, 3.8) is 0 Å². The molecular weight excluding hydrogens is 283 g/mol. The van der Waals surface area contributed by atoms with Crippen LogP contribution in [0.1, 0.15) is 12.8 Å². The predicted molar refractivity (Wildman–Crippen MR) is 73.3 cm³/mol. The van der Waals surface area contributed by atoms with Gasteiger partial charge in [0.1, 0.15) is 5.82 Å². The smallest absolute Gasteiger partial charge is 0.243 e. The fraction of sp³-hybridized carbons (Fsp3) is 0.538. The van der Waals surface area contributed by atoms with Crippen LogP contribution >= 0.6 is 0 Å². The number of aliphatic hydroxyl groups is 1. The summed E-state index contributed by atoms with van der Waals surface area (Å²) >= 11 is 0. The third-order valence-electron chi connectivity index (χ3n) is 3.39. The number of sulfonamides is 1. The van der Waals surface area contributed by atoms with Gasteiger partial charge in [-0.05, 0) is 43.7 Å². The lowest BCUT2D eigenvalue weighted by Gasteiger charge is -2.24. The maximum absolute atomic E-state index is 12.9. The van der Waals surface area contributed by atoms with Crippen molar-refractivity contribution in [3.8, 4) is 0 Å². The Balaban J connectivity index is 2.19. The van der Waals surface area contributed by atoms with Gasteiger partial charge in [-0.25, -0.2) is 12.8 Å². The molecular formula is C13H19FN2O3S. The van der Waals surface area contributed by atoms with E-state index < -0.39 is 15.8 Å². The van der Waals surface area contributed by atoms with E-state index in [1.54, 1.807) is 0 Å². The van der Waals surface area contributed by atoms with E-state index in [-0.39, 0.29) is 24.1 Å². The van der Waals surface area contributed by atoms with Crippen LogP contribution in [-0.2, 0) is 10.0 Å². The van der Waals surface area contributed by atoms with Gasteiger partial charge >= 0.3 is 0 Å². The van der Waals surface area contributed by atoms with Crippen molar-refractivity contribution in [2.45, 2.75) is 23.8 Å². The van der Waals surface area contributed by atoms with Crippen molar-refractivity contribution < 1.29 is 17.9 Å². The van der Waals surface area contributed by atoms with Gasteiger partial charge in [0.2, 0.25) is 10.0 Å². The van der Waals surface area contributed by atoms with Crippen molar-refractivity contribution in [3.05, 3.63) is 30.1 Å². The van der Waals surface area contributed by atoms with Gasteiger partial charge in [0.25, 0.3) is 0 Å². The number of hydrogen-bond donors (Lipinski definition) is 2. The van der Waals surface area contributed by atoms with Crippen molar-refractivity contribution in [2.75, 3.05) is 26.2 Å². The average molecular weight is 302 g/mol. The minimum atomic E-state index is -3.70. The highest BCUT2D eigenvalue weighted by Gasteiger charge is 2.27. The third kappa shape index (κ3) is 3.54. The first kappa shape index (κ1) is 15.4. The number of rotatable bonds is 6. The number of nitrogens with one attached hydrogen (secondary N) is 1. The lowest BCUT2D eigenvalue weighted by molar-refractivity contribution is 0.246. The normalized spacial score (nSPS) is 19.6. The molecule has 1 heterocycles. The molecule has 112 valence electrons. The van der Waals surface area contributed by atoms with Gasteiger partial charge in [0.05, 0.1) is 11.5 Å². The highest BCUT2D eigenvalue weighted by molar-refractivity contribution is 7.89. The van der Waals surface area contributed by atoms with Crippen molar-refractivity contribution in [1.29, 1.82) is 0 Å². The quantitative estimate of drug-likeness (QED) is 0.806. The van der Waals surface area contributed by atoms with Crippen molar-refractivity contribution >= 4 is 10.0 Å². The Morgan fingerprint density at radius 1 is 1.35 bits per heavy atom. The minimum absolute atomic E-state index is 0.0396. The van der Waals surface area contributed by atoms with Crippen LogP contribution in [0.3, 0.4) is 0 Å². The molecule has 2 N–H and O–H groups in total. The summed E-state index contributed by atoms with van der Waals surface area (Å²) in [5.41, 5.74) is 0. The number of nitrogens with zero attached hydrogens (tertiary/aromatic N) is 1. The molecule has 0 radical (unpaired) electrons. The second kappa shape index (κ2) is 6.62. The van der Waals surface area contributed by atoms with Crippen LogP contribution in [0.25, 0.3) is 0 Å². The van der Waals surface area contributed by atoms with Gasteiger partial charge in [-0.3, -0.25) is 0 Å². The number of halogens is 1. The van der Waals surface area contributed by atoms with Gasteiger partial charge in [-0.15, -0.1) is 0 Å². The molecule has 1 unspecified atom stereocenters. The summed E-state index contributed by atoms with van der Waals surface area (Å²) in [6, 6.07) is 4.85. The van der Waals surface area contributed by atoms with Crippen LogP contribution in [-0.4, -0.2) is 50.1 Å². The summed E-state index contributed by atoms with van der Waals surface area (Å²) in [4.78, 5) is 0.0466. The molecule has 0 aromatic heterocycles. The summed E-state index contributed by atoms with van der Waals surface area (Å²) < 4.78 is 39.1. The van der Waals surface area contributed by atoms with E-state index in [2.05, 4.69) is 5.32 Å². The number of aliphatic hydroxyl groups excluding tert-OH is 1. The van der Waals surface area contributed by atoms with Gasteiger partial charge in [-0.1, -0.05) is 0 Å². The zero-order chi connectivity index (χ0) is 14.6. The van der Waals surface area contributed by atoms with Gasteiger partial charge in [0.15, 0.2) is 0 Å². The topological polar surface area (TPSA) is 69.6 Å². The first-order valence-electron chi connectivity index (χ1n) is 6.64. The third-order valence-corrected chi connectivity index (χ3v) is 5.27. The average Bonchev–Trinajstić information content (AvgIpc) is 2.92. The molecule has 0 bridgehead atoms. The van der Waals surface area contributed by atoms with Gasteiger partial charge in [-0.2, -0.15) is 4.31 Å². The Morgan fingerprint density at radius 2 is 2.05 bits per heavy atom. The lowest BCUT2D eigenvalue weighted by Crippen LogP contribution is -2.42. The molecule has 20 heavy (non-hydrogen) atoms. The maximum atomic E-state index is 12.9. The fourth-order valence-corrected chi connectivity index (χ4v) is 3.81. The highest BCUT2D eigenvalue weighted by atomic mass is 32.2. The lowest BCUT2D eigenvalue weighted by atomic mass is 10.2. The van der Waals surface area contributed by atoms with Crippen LogP contribution in [0.2, 0.25) is 0 Å². The first-order chi connectivity index (χ1) is 9.54. The van der Waals surface area contributed by atoms with Gasteiger partial charge in [0, 0.05) is 19.1 Å². The molecule has 1 aromatic rings. The number of hydrogen-bond acceptors (Lipinski definition) is 4. The molecule has 7 heteroatoms. The van der Waals surface area contributed by atoms with Crippen molar-refractivity contribution in [2.24, 2.45) is 0 Å². The molecule has 0 aliphatic carbocycles. The van der Waals surface area contributed by atoms with E-state index in [1.165, 1.54) is 16.4 Å². The molecule has 5 nitrogen and oxygen atoms in total. The monoisotopic (exact) mass is 302 g/mol. The summed E-state index contributed by atoms with van der Waals surface area (Å²) in [6.45, 7) is 1.000. The fourth-order valence-electron chi connectivity index (χ4n) is 2.34. The van der Waals surface area contributed by atoms with E-state index in [1.807, 2.05) is 0 Å². The maximum Gasteiger partial charge on any atom is 0.243 e. The van der Waals surface area contributed by atoms with Crippen LogP contribution in [0, 0.1) is 5.82 Å². The molecule has 1 aliphatic heterocycles. The van der Waals surface area contributed by atoms with E-state index >= 15 is 0 Å². The molecule has 0 amide bonds. The van der Waals surface area contributed by atoms with Crippen molar-refractivity contribution in [1.82, 2.24) is 9.62 Å². The molecule has 1 atom stereocenters. The molecule has 0 spiro atoms. The summed E-state index contributed by atoms with van der Waals surface area (Å²) in [7, 11) is -3.70. The molecule has 1 aromatic carbocycles. The molecule has 1 fully saturated rings. The Kier molecular flexibility index (Phi) is 5.09. The molecule has 1 aliphatic rings. The van der Waals surface area contributed by atoms with Crippen LogP contribution in [0.4, 0.5) is 4.39 Å². The zero-order valence-corrected chi connectivity index (χ0v) is 11.9. The van der Waals surface area contributed by atoms with Crippen LogP contribution in [0.5, 0.6) is 0 Å². The predicted octanol–water partition coefficient (Wildman–Crippen LogP) is 0.561. The summed E-state index contributed by atoms with van der Waals surface area (Å²) in [5.74, 6) is -0.477. The molecule has 0 saturated carbocycles. The highest BCUT2D eigenvalue weighted by Crippen LogP contribution is 2.18. The Morgan fingerprint density at radius 3 is 2.60 bits per heavy atom. The minimum Gasteiger partial charge on any atom is -0.395 e. The SMILES string of the molecule is O=S(=O)(c1ccc(F)cc1)N(CCO)CC1CCCN1. The largest absolute Gasteiger partial charge is 0.395 e. The second-order valence-electron chi connectivity index (χ2n) is 4.83. The standard InChI is InChI=1S/C13H19FN2O3S/c14-11-3-5-13(6-4-11)20(18,19)16(8-9-17)10-12-2-1-7-15-12/h3-6,12,15,17H,1-2,7-10H2. The van der Waals surface area contributed by atoms with E-state index in [0.717, 1.165) is 31.5 Å². The Labute approximate surface area is 118 Å². The Bertz CT molecular complexity index is 527. The first-order valence-corrected chi connectivity index (χ1v) is 8.08. The zero-order valence-electron chi connectivity index (χ0n) is 11.1. The second-order valence-corrected chi connectivity index (χ2v) is 6.77. The molecule has 2 rings (SSSR count). The van der Waals surface area contributed by atoms with E-state index in [4.69, 9.17) is 5.11 Å². The van der Waals surface area contributed by atoms with E-state index in [0.29, 0.717) is 6.54 Å². The van der Waals surface area contributed by atoms with Gasteiger partial charge < -0.3 is 10.4 Å². The number of benzene rings is 1. The van der Waals surface area contributed by atoms with E-state index in [9.17, 15) is 12.8 Å². The Hall–Kier alpha value is -1.02. The summed E-state index contributed by atoms with van der Waals surface area (Å²) in [6.07, 6.45) is 1.94.